The number of aliphatic carboxylic acids is 1. The molecule has 0 aromatic heterocycles. The summed E-state index contributed by atoms with van der Waals surface area (Å²) in [5.74, 6) is -17.6. The number of hydrogen-bond donors (Lipinski definition) is 19. The van der Waals surface area contributed by atoms with Crippen LogP contribution in [0.2, 0.25) is 0 Å². The van der Waals surface area contributed by atoms with Crippen molar-refractivity contribution >= 4 is 82.8 Å². The number of amides is 13. The third-order valence-electron chi connectivity index (χ3n) is 11.1. The van der Waals surface area contributed by atoms with Gasteiger partial charge in [0.05, 0.1) is 38.8 Å². The molecule has 12 unspecified atom stereocenters. The van der Waals surface area contributed by atoms with Crippen molar-refractivity contribution in [2.24, 2.45) is 40.5 Å². The second-order valence-corrected chi connectivity index (χ2v) is 18.0. The van der Waals surface area contributed by atoms with Crippen LogP contribution in [0.1, 0.15) is 86.0 Å². The van der Waals surface area contributed by atoms with E-state index < -0.39 is 214 Å². The van der Waals surface area contributed by atoms with Gasteiger partial charge in [0.15, 0.2) is 0 Å². The van der Waals surface area contributed by atoms with Gasteiger partial charge in [-0.15, -0.1) is 0 Å². The van der Waals surface area contributed by atoms with Crippen molar-refractivity contribution < 1.29 is 92.7 Å². The van der Waals surface area contributed by atoms with Crippen LogP contribution in [0.25, 0.3) is 0 Å². The number of carboxylic acid groups (broad SMARTS) is 1. The first-order chi connectivity index (χ1) is 35.3. The Labute approximate surface area is 435 Å². The predicted molar refractivity (Wildman–Crippen MR) is 259 cm³/mol. The fourth-order valence-electron chi connectivity index (χ4n) is 6.55. The lowest BCUT2D eigenvalue weighted by Crippen LogP contribution is -2.62. The summed E-state index contributed by atoms with van der Waals surface area (Å²) in [5, 5.41) is 68.7. The van der Waals surface area contributed by atoms with E-state index in [9.17, 15) is 92.7 Å². The van der Waals surface area contributed by atoms with Crippen LogP contribution in [0.5, 0.6) is 0 Å². The number of primary amides is 4. The predicted octanol–water partition coefficient (Wildman–Crippen LogP) is -10.5. The summed E-state index contributed by atoms with van der Waals surface area (Å²) in [4.78, 5) is 179. The van der Waals surface area contributed by atoms with Crippen molar-refractivity contribution in [1.29, 1.82) is 0 Å². The van der Waals surface area contributed by atoms with Crippen LogP contribution in [0.15, 0.2) is 0 Å². The number of nitrogens with one attached hydrogen (secondary N) is 9. The molecule has 0 rings (SSSR count). The highest BCUT2D eigenvalue weighted by atomic mass is 16.4. The number of aliphatic hydroxyl groups is 4. The normalized spacial score (nSPS) is 15.8. The zero-order valence-electron chi connectivity index (χ0n) is 42.6. The van der Waals surface area contributed by atoms with Gasteiger partial charge in [0.1, 0.15) is 60.4 Å². The van der Waals surface area contributed by atoms with Gasteiger partial charge in [-0.1, -0.05) is 34.1 Å². The Morgan fingerprint density at radius 1 is 0.421 bits per heavy atom. The molecule has 0 aromatic carbocycles. The Hall–Kier alpha value is -7.62. The molecule has 0 spiro atoms. The second kappa shape index (κ2) is 34.0. The van der Waals surface area contributed by atoms with Crippen molar-refractivity contribution in [3.63, 3.8) is 0 Å². The van der Waals surface area contributed by atoms with E-state index in [4.69, 9.17) is 28.7 Å². The first-order valence-corrected chi connectivity index (χ1v) is 23.7. The smallest absolute Gasteiger partial charge is 0.326 e. The van der Waals surface area contributed by atoms with Crippen molar-refractivity contribution in [2.45, 2.75) is 153 Å². The second-order valence-electron chi connectivity index (χ2n) is 18.0. The number of rotatable bonds is 37. The fraction of sp³-hybridized carbons (Fsp3) is 0.674. The zero-order valence-corrected chi connectivity index (χ0v) is 42.6. The number of nitrogens with two attached hydrogens (primary N) is 5. The standard InChI is InChI=1S/C43H74N14O19/c1-6-18(4)33(42(74)56-27(16-60)40(72)55-26(15-59)39(71)53-24(43(75)76)13-31(47)65)57-35(67)21(8-10-29(45)63)49-34(66)20(7-9-28(44)62)50-38(70)25(14-58)54-36(68)22(11-17(2)3)51-37(69)23(12-30(46)64)52-41(73)32(48)19(5)61/h17-27,32-33,58-61H,6-16,48H2,1-5H3,(H2,44,62)(H2,45,63)(H2,46,64)(H2,47,65)(H,49,66)(H,50,70)(H,51,69)(H,52,73)(H,53,71)(H,54,68)(H,55,72)(H,56,74)(H,57,67)(H,75,76). The average molecular weight is 1090 g/mol. The van der Waals surface area contributed by atoms with Gasteiger partial charge >= 0.3 is 5.97 Å². The Morgan fingerprint density at radius 2 is 0.737 bits per heavy atom. The molecule has 33 heteroatoms. The topological polar surface area (TPSA) is 578 Å². The molecule has 0 fully saturated rings. The Bertz CT molecular complexity index is 2100. The summed E-state index contributed by atoms with van der Waals surface area (Å²) in [7, 11) is 0. The summed E-state index contributed by atoms with van der Waals surface area (Å²) in [6.45, 7) is 4.09. The molecule has 0 aliphatic heterocycles. The third kappa shape index (κ3) is 25.1. The van der Waals surface area contributed by atoms with Crippen molar-refractivity contribution in [3.05, 3.63) is 0 Å². The van der Waals surface area contributed by atoms with E-state index in [2.05, 4.69) is 37.2 Å². The first kappa shape index (κ1) is 68.4. The summed E-state index contributed by atoms with van der Waals surface area (Å²) < 4.78 is 0. The van der Waals surface area contributed by atoms with Gasteiger partial charge in [-0.05, 0) is 38.0 Å². The van der Waals surface area contributed by atoms with E-state index in [1.807, 2.05) is 10.6 Å². The summed E-state index contributed by atoms with van der Waals surface area (Å²) in [5.41, 5.74) is 26.5. The van der Waals surface area contributed by atoms with E-state index in [1.54, 1.807) is 20.8 Å². The van der Waals surface area contributed by atoms with Crippen LogP contribution < -0.4 is 76.5 Å². The maximum absolute atomic E-state index is 13.9. The molecule has 0 aliphatic carbocycles. The monoisotopic (exact) mass is 1090 g/mol. The number of hydrogen-bond acceptors (Lipinski definition) is 19. The van der Waals surface area contributed by atoms with Gasteiger partial charge in [0.2, 0.25) is 76.8 Å². The SMILES string of the molecule is CCC(C)C(NC(=O)C(CCC(N)=O)NC(=O)C(CCC(N)=O)NC(=O)C(CO)NC(=O)C(CC(C)C)NC(=O)C(CC(N)=O)NC(=O)C(N)C(C)O)C(=O)NC(CO)C(=O)NC(CO)C(=O)NC(CC(N)=O)C(=O)O. The minimum absolute atomic E-state index is 0.137. The van der Waals surface area contributed by atoms with E-state index in [1.165, 1.54) is 13.8 Å². The Kier molecular flexibility index (Phi) is 30.6. The van der Waals surface area contributed by atoms with E-state index >= 15 is 0 Å². The lowest BCUT2D eigenvalue weighted by Gasteiger charge is -2.29. The molecule has 0 aliphatic rings. The van der Waals surface area contributed by atoms with Crippen molar-refractivity contribution in [3.8, 4) is 0 Å². The molecule has 24 N–H and O–H groups in total. The molecule has 0 saturated carbocycles. The highest BCUT2D eigenvalue weighted by Crippen LogP contribution is 2.12. The zero-order chi connectivity index (χ0) is 58.7. The molecule has 0 bridgehead atoms. The van der Waals surface area contributed by atoms with Gasteiger partial charge in [0.25, 0.3) is 0 Å². The van der Waals surface area contributed by atoms with Crippen LogP contribution in [-0.4, -0.2) is 195 Å². The van der Waals surface area contributed by atoms with Gasteiger partial charge in [-0.25, -0.2) is 4.79 Å². The van der Waals surface area contributed by atoms with Crippen molar-refractivity contribution in [2.75, 3.05) is 19.8 Å². The molecule has 0 radical (unpaired) electrons. The van der Waals surface area contributed by atoms with Gasteiger partial charge in [0, 0.05) is 12.8 Å². The highest BCUT2D eigenvalue weighted by Gasteiger charge is 2.37. The van der Waals surface area contributed by atoms with Gasteiger partial charge in [-0.2, -0.15) is 0 Å². The van der Waals surface area contributed by atoms with Gasteiger partial charge in [-0.3, -0.25) is 62.3 Å². The van der Waals surface area contributed by atoms with Crippen LogP contribution in [0.3, 0.4) is 0 Å². The lowest BCUT2D eigenvalue weighted by atomic mass is 9.97. The molecule has 0 heterocycles. The number of aliphatic hydroxyl groups excluding tert-OH is 4. The third-order valence-corrected chi connectivity index (χ3v) is 11.1. The van der Waals surface area contributed by atoms with E-state index in [0.29, 0.717) is 0 Å². The number of carbonyl (C=O) groups excluding carboxylic acids is 13. The number of carbonyl (C=O) groups is 14. The minimum Gasteiger partial charge on any atom is -0.480 e. The van der Waals surface area contributed by atoms with Crippen molar-refractivity contribution in [1.82, 2.24) is 47.9 Å². The molecule has 76 heavy (non-hydrogen) atoms. The van der Waals surface area contributed by atoms with E-state index in [0.717, 1.165) is 0 Å². The summed E-state index contributed by atoms with van der Waals surface area (Å²) in [6.07, 6.45) is -5.28. The summed E-state index contributed by atoms with van der Waals surface area (Å²) in [6, 6.07) is -17.5. The summed E-state index contributed by atoms with van der Waals surface area (Å²) >= 11 is 0. The largest absolute Gasteiger partial charge is 0.480 e. The molecular weight excluding hydrogens is 1020 g/mol. The molecule has 0 saturated heterocycles. The molecule has 0 aromatic rings. The van der Waals surface area contributed by atoms with Crippen LogP contribution in [-0.2, 0) is 67.1 Å². The maximum Gasteiger partial charge on any atom is 0.326 e. The highest BCUT2D eigenvalue weighted by molar-refractivity contribution is 5.99. The van der Waals surface area contributed by atoms with Crippen LogP contribution in [0, 0.1) is 11.8 Å². The van der Waals surface area contributed by atoms with Crippen LogP contribution >= 0.6 is 0 Å². The Balaban J connectivity index is 6.60. The molecule has 12 atom stereocenters. The van der Waals surface area contributed by atoms with E-state index in [-0.39, 0.29) is 18.8 Å². The van der Waals surface area contributed by atoms with Gasteiger partial charge < -0.3 is 102 Å². The maximum atomic E-state index is 13.9. The fourth-order valence-corrected chi connectivity index (χ4v) is 6.55. The first-order valence-electron chi connectivity index (χ1n) is 23.7. The molecule has 13 amide bonds. The molecule has 430 valence electrons. The van der Waals surface area contributed by atoms with Crippen LogP contribution in [0.4, 0.5) is 0 Å². The lowest BCUT2D eigenvalue weighted by molar-refractivity contribution is -0.144. The molecular formula is C43H74N14O19. The Morgan fingerprint density at radius 3 is 1.09 bits per heavy atom. The average Bonchev–Trinajstić information content (AvgIpc) is 3.33. The number of carboxylic acids is 1. The quantitative estimate of drug-likeness (QED) is 0.0275. The minimum atomic E-state index is -1.90. The molecule has 33 nitrogen and oxygen atoms in total.